The summed E-state index contributed by atoms with van der Waals surface area (Å²) in [6.45, 7) is 3.48. The van der Waals surface area contributed by atoms with Crippen LogP contribution in [0.25, 0.3) is 0 Å². The van der Waals surface area contributed by atoms with Gasteiger partial charge >= 0.3 is 0 Å². The van der Waals surface area contributed by atoms with Crippen molar-refractivity contribution >= 4 is 0 Å². The van der Waals surface area contributed by atoms with Gasteiger partial charge in [0.15, 0.2) is 0 Å². The zero-order chi connectivity index (χ0) is 13.0. The second-order valence-corrected chi connectivity index (χ2v) is 5.02. The van der Waals surface area contributed by atoms with Gasteiger partial charge in [-0.3, -0.25) is 4.90 Å². The van der Waals surface area contributed by atoms with Crippen molar-refractivity contribution in [3.05, 3.63) is 35.1 Å². The number of nitrogens with zero attached hydrogens (tertiary/aromatic N) is 1. The minimum atomic E-state index is -0.224. The molecule has 0 spiro atoms. The molecule has 1 aromatic rings. The highest BCUT2D eigenvalue weighted by molar-refractivity contribution is 5.27. The Morgan fingerprint density at radius 3 is 2.61 bits per heavy atom. The normalized spacial score (nSPS) is 18.2. The molecule has 3 nitrogen and oxygen atoms in total. The van der Waals surface area contributed by atoms with Crippen LogP contribution in [0.4, 0.5) is 4.39 Å². The number of halogens is 1. The van der Waals surface area contributed by atoms with Gasteiger partial charge in [-0.2, -0.15) is 0 Å². The number of rotatable bonds is 4. The largest absolute Gasteiger partial charge is 0.396 e. The van der Waals surface area contributed by atoms with Gasteiger partial charge in [0, 0.05) is 19.7 Å². The van der Waals surface area contributed by atoms with Gasteiger partial charge in [0.05, 0.1) is 0 Å². The summed E-state index contributed by atoms with van der Waals surface area (Å²) in [4.78, 5) is 2.35. The third-order valence-electron chi connectivity index (χ3n) is 3.75. The summed E-state index contributed by atoms with van der Waals surface area (Å²) in [6, 6.07) is 4.85. The Morgan fingerprint density at radius 2 is 2.00 bits per heavy atom. The van der Waals surface area contributed by atoms with E-state index in [4.69, 9.17) is 10.8 Å². The van der Waals surface area contributed by atoms with Crippen molar-refractivity contribution in [2.75, 3.05) is 19.7 Å². The molecule has 100 valence electrons. The molecular formula is C14H21FN2O. The first kappa shape index (κ1) is 13.5. The highest BCUT2D eigenvalue weighted by Gasteiger charge is 2.19. The zero-order valence-corrected chi connectivity index (χ0v) is 10.6. The Morgan fingerprint density at radius 1 is 1.28 bits per heavy atom. The standard InChI is InChI=1S/C14H21FN2O/c15-14-2-1-12(13(7-14)8-16)9-17-5-3-11(10-18)4-6-17/h1-2,7,11,18H,3-6,8-10,16H2. The third-order valence-corrected chi connectivity index (χ3v) is 3.75. The molecule has 4 heteroatoms. The van der Waals surface area contributed by atoms with Gasteiger partial charge in [-0.15, -0.1) is 0 Å². The molecule has 18 heavy (non-hydrogen) atoms. The van der Waals surface area contributed by atoms with Crippen molar-refractivity contribution in [3.63, 3.8) is 0 Å². The van der Waals surface area contributed by atoms with Crippen molar-refractivity contribution < 1.29 is 9.50 Å². The molecule has 0 bridgehead atoms. The van der Waals surface area contributed by atoms with Crippen LogP contribution in [0.3, 0.4) is 0 Å². The fourth-order valence-corrected chi connectivity index (χ4v) is 2.51. The fraction of sp³-hybridized carbons (Fsp3) is 0.571. The molecule has 2 rings (SSSR count). The molecular weight excluding hydrogens is 231 g/mol. The second-order valence-electron chi connectivity index (χ2n) is 5.02. The number of benzene rings is 1. The van der Waals surface area contributed by atoms with E-state index in [1.807, 2.05) is 6.07 Å². The molecule has 0 aromatic heterocycles. The average Bonchev–Trinajstić information content (AvgIpc) is 2.41. The van der Waals surface area contributed by atoms with Crippen molar-refractivity contribution in [2.45, 2.75) is 25.9 Å². The molecule has 1 heterocycles. The van der Waals surface area contributed by atoms with Gasteiger partial charge < -0.3 is 10.8 Å². The van der Waals surface area contributed by atoms with Crippen LogP contribution in [-0.2, 0) is 13.1 Å². The number of piperidine rings is 1. The first-order valence-electron chi connectivity index (χ1n) is 6.53. The Kier molecular flexibility index (Phi) is 4.69. The van der Waals surface area contributed by atoms with Crippen LogP contribution in [0.1, 0.15) is 24.0 Å². The Balaban J connectivity index is 1.97. The maximum Gasteiger partial charge on any atom is 0.123 e. The topological polar surface area (TPSA) is 49.5 Å². The van der Waals surface area contributed by atoms with Gasteiger partial charge in [-0.1, -0.05) is 6.07 Å². The molecule has 3 N–H and O–H groups in total. The fourth-order valence-electron chi connectivity index (χ4n) is 2.51. The molecule has 1 fully saturated rings. The highest BCUT2D eigenvalue weighted by atomic mass is 19.1. The van der Waals surface area contributed by atoms with Crippen molar-refractivity contribution in [1.29, 1.82) is 0 Å². The van der Waals surface area contributed by atoms with E-state index in [0.29, 0.717) is 19.1 Å². The van der Waals surface area contributed by atoms with Gasteiger partial charge in [-0.25, -0.2) is 4.39 Å². The number of hydrogen-bond acceptors (Lipinski definition) is 3. The van der Waals surface area contributed by atoms with Gasteiger partial charge in [0.1, 0.15) is 5.82 Å². The first-order valence-corrected chi connectivity index (χ1v) is 6.53. The van der Waals surface area contributed by atoms with E-state index in [9.17, 15) is 4.39 Å². The highest BCUT2D eigenvalue weighted by Crippen LogP contribution is 2.20. The lowest BCUT2D eigenvalue weighted by atomic mass is 9.97. The summed E-state index contributed by atoms with van der Waals surface area (Å²) in [6.07, 6.45) is 2.07. The van der Waals surface area contributed by atoms with Gasteiger partial charge in [-0.05, 0) is 55.1 Å². The van der Waals surface area contributed by atoms with Gasteiger partial charge in [0.25, 0.3) is 0 Å². The van der Waals surface area contributed by atoms with E-state index in [1.165, 1.54) is 12.1 Å². The SMILES string of the molecule is NCc1cc(F)ccc1CN1CCC(CO)CC1. The minimum Gasteiger partial charge on any atom is -0.396 e. The zero-order valence-electron chi connectivity index (χ0n) is 10.6. The molecule has 1 aromatic carbocycles. The molecule has 1 saturated heterocycles. The first-order chi connectivity index (χ1) is 8.72. The summed E-state index contributed by atoms with van der Waals surface area (Å²) < 4.78 is 13.1. The van der Waals surface area contributed by atoms with Crippen LogP contribution in [-0.4, -0.2) is 29.7 Å². The van der Waals surface area contributed by atoms with Crippen LogP contribution in [0, 0.1) is 11.7 Å². The molecule has 1 aliphatic rings. The number of aliphatic hydroxyl groups excluding tert-OH is 1. The van der Waals surface area contributed by atoms with E-state index in [-0.39, 0.29) is 5.82 Å². The predicted octanol–water partition coefficient (Wildman–Crippen LogP) is 1.49. The van der Waals surface area contributed by atoms with E-state index >= 15 is 0 Å². The monoisotopic (exact) mass is 252 g/mol. The summed E-state index contributed by atoms with van der Waals surface area (Å²) in [7, 11) is 0. The maximum absolute atomic E-state index is 13.1. The number of likely N-dealkylation sites (tertiary alicyclic amines) is 1. The number of nitrogens with two attached hydrogens (primary N) is 1. The Hall–Kier alpha value is -0.970. The van der Waals surface area contributed by atoms with E-state index < -0.39 is 0 Å². The van der Waals surface area contributed by atoms with E-state index in [2.05, 4.69) is 4.90 Å². The van der Waals surface area contributed by atoms with Crippen LogP contribution in [0.5, 0.6) is 0 Å². The quantitative estimate of drug-likeness (QED) is 0.853. The molecule has 0 amide bonds. The van der Waals surface area contributed by atoms with E-state index in [0.717, 1.165) is 43.6 Å². The summed E-state index contributed by atoms with van der Waals surface area (Å²) in [5.41, 5.74) is 7.65. The Labute approximate surface area is 107 Å². The lowest BCUT2D eigenvalue weighted by Gasteiger charge is -2.31. The minimum absolute atomic E-state index is 0.224. The Bertz CT molecular complexity index is 389. The number of hydrogen-bond donors (Lipinski definition) is 2. The smallest absolute Gasteiger partial charge is 0.123 e. The molecule has 0 unspecified atom stereocenters. The van der Waals surface area contributed by atoms with Crippen LogP contribution in [0.2, 0.25) is 0 Å². The molecule has 0 radical (unpaired) electrons. The van der Waals surface area contributed by atoms with Crippen LogP contribution in [0.15, 0.2) is 18.2 Å². The van der Waals surface area contributed by atoms with Crippen molar-refractivity contribution in [1.82, 2.24) is 4.90 Å². The predicted molar refractivity (Wildman–Crippen MR) is 69.4 cm³/mol. The molecule has 0 aliphatic carbocycles. The average molecular weight is 252 g/mol. The lowest BCUT2D eigenvalue weighted by molar-refractivity contribution is 0.127. The lowest BCUT2D eigenvalue weighted by Crippen LogP contribution is -2.34. The van der Waals surface area contributed by atoms with Crippen molar-refractivity contribution in [2.24, 2.45) is 11.7 Å². The van der Waals surface area contributed by atoms with Crippen molar-refractivity contribution in [3.8, 4) is 0 Å². The van der Waals surface area contributed by atoms with Gasteiger partial charge in [0.2, 0.25) is 0 Å². The molecule has 0 atom stereocenters. The van der Waals surface area contributed by atoms with Crippen LogP contribution < -0.4 is 5.73 Å². The second kappa shape index (κ2) is 6.27. The summed E-state index contributed by atoms with van der Waals surface area (Å²) in [5, 5.41) is 9.10. The molecule has 0 saturated carbocycles. The number of aliphatic hydroxyl groups is 1. The van der Waals surface area contributed by atoms with Crippen LogP contribution >= 0.6 is 0 Å². The van der Waals surface area contributed by atoms with E-state index in [1.54, 1.807) is 0 Å². The third kappa shape index (κ3) is 3.28. The maximum atomic E-state index is 13.1. The summed E-state index contributed by atoms with van der Waals surface area (Å²) >= 11 is 0. The summed E-state index contributed by atoms with van der Waals surface area (Å²) in [5.74, 6) is 0.224. The molecule has 1 aliphatic heterocycles.